The van der Waals surface area contributed by atoms with E-state index in [0.717, 1.165) is 33.6 Å². The zero-order valence-corrected chi connectivity index (χ0v) is 24.3. The topological polar surface area (TPSA) is 74.9 Å². The predicted octanol–water partition coefficient (Wildman–Crippen LogP) is 6.91. The molecule has 1 aromatic heterocycles. The zero-order valence-electron chi connectivity index (χ0n) is 24.3. The molecule has 0 fully saturated rings. The molecule has 0 saturated heterocycles. The van der Waals surface area contributed by atoms with Crippen LogP contribution in [-0.2, 0) is 6.42 Å². The third-order valence-electron chi connectivity index (χ3n) is 6.61. The lowest BCUT2D eigenvalue weighted by Crippen LogP contribution is -2.21. The highest BCUT2D eigenvalue weighted by Gasteiger charge is 2.19. The van der Waals surface area contributed by atoms with Gasteiger partial charge in [0.1, 0.15) is 5.75 Å². The van der Waals surface area contributed by atoms with Crippen molar-refractivity contribution >= 4 is 17.1 Å². The number of allylic oxidation sites excluding steroid dienone is 1. The molecule has 0 aliphatic rings. The minimum atomic E-state index is -0.254. The molecule has 3 aromatic carbocycles. The van der Waals surface area contributed by atoms with Gasteiger partial charge in [0.15, 0.2) is 17.3 Å². The van der Waals surface area contributed by atoms with E-state index < -0.39 is 0 Å². The van der Waals surface area contributed by atoms with Crippen molar-refractivity contribution in [3.63, 3.8) is 0 Å². The van der Waals surface area contributed by atoms with Crippen LogP contribution in [0.25, 0.3) is 22.3 Å². The molecule has 40 heavy (non-hydrogen) atoms. The van der Waals surface area contributed by atoms with E-state index in [0.29, 0.717) is 34.6 Å². The molecule has 1 heterocycles. The number of hydrogen-bond donors (Lipinski definition) is 0. The third kappa shape index (κ3) is 5.78. The number of rotatable bonds is 10. The molecule has 0 spiro atoms. The van der Waals surface area contributed by atoms with Crippen LogP contribution in [0.3, 0.4) is 0 Å². The zero-order chi connectivity index (χ0) is 29.0. The van der Waals surface area contributed by atoms with E-state index in [1.165, 1.54) is 4.68 Å². The molecule has 0 amide bonds. The average molecular weight is 540 g/mol. The van der Waals surface area contributed by atoms with E-state index in [2.05, 4.69) is 20.4 Å². The average Bonchev–Trinajstić information content (AvgIpc) is 2.93. The first kappa shape index (κ1) is 28.6. The van der Waals surface area contributed by atoms with Gasteiger partial charge in [0, 0.05) is 11.1 Å². The molecule has 0 bridgehead atoms. The van der Waals surface area contributed by atoms with E-state index in [4.69, 9.17) is 24.3 Å². The van der Waals surface area contributed by atoms with Crippen molar-refractivity contribution < 1.29 is 14.2 Å². The summed E-state index contributed by atoms with van der Waals surface area (Å²) in [7, 11) is 3.27. The maximum atomic E-state index is 13.8. The summed E-state index contributed by atoms with van der Waals surface area (Å²) in [5.41, 5.74) is 4.80. The summed E-state index contributed by atoms with van der Waals surface area (Å²) in [5.74, 6) is 2.74. The van der Waals surface area contributed by atoms with E-state index in [1.807, 2.05) is 69.3 Å². The van der Waals surface area contributed by atoms with E-state index in [9.17, 15) is 4.79 Å². The SMILES string of the molecule is C=CCc1cc(C=Nn2c(-c3cc(C(C)C)c(OC)cc3C)nc3ccccc3c2=O)cc(OC)c1OC(C)C. The number of aromatic nitrogens is 2. The summed E-state index contributed by atoms with van der Waals surface area (Å²) >= 11 is 0. The molecule has 0 saturated carbocycles. The lowest BCUT2D eigenvalue weighted by atomic mass is 9.96. The Morgan fingerprint density at radius 1 is 1.02 bits per heavy atom. The van der Waals surface area contributed by atoms with Gasteiger partial charge in [-0.15, -0.1) is 6.58 Å². The molecule has 0 radical (unpaired) electrons. The summed E-state index contributed by atoms with van der Waals surface area (Å²) < 4.78 is 18.7. The minimum absolute atomic E-state index is 0.0229. The highest BCUT2D eigenvalue weighted by Crippen LogP contribution is 2.35. The van der Waals surface area contributed by atoms with Gasteiger partial charge in [-0.2, -0.15) is 9.78 Å². The Balaban J connectivity index is 1.95. The number of fused-ring (bicyclic) bond motifs is 1. The summed E-state index contributed by atoms with van der Waals surface area (Å²) in [4.78, 5) is 18.7. The smallest absolute Gasteiger partial charge is 0.282 e. The van der Waals surface area contributed by atoms with Crippen LogP contribution >= 0.6 is 0 Å². The van der Waals surface area contributed by atoms with Crippen LogP contribution in [0.1, 0.15) is 55.9 Å². The molecule has 4 aromatic rings. The lowest BCUT2D eigenvalue weighted by Gasteiger charge is -2.18. The van der Waals surface area contributed by atoms with Gasteiger partial charge in [-0.1, -0.05) is 32.1 Å². The van der Waals surface area contributed by atoms with Gasteiger partial charge in [0.05, 0.1) is 37.4 Å². The first-order valence-corrected chi connectivity index (χ1v) is 13.4. The second-order valence-corrected chi connectivity index (χ2v) is 10.2. The van der Waals surface area contributed by atoms with E-state index in [-0.39, 0.29) is 17.6 Å². The normalized spacial score (nSPS) is 11.5. The van der Waals surface area contributed by atoms with Crippen molar-refractivity contribution in [2.45, 2.75) is 53.1 Å². The lowest BCUT2D eigenvalue weighted by molar-refractivity contribution is 0.228. The van der Waals surface area contributed by atoms with Crippen LogP contribution in [0.15, 0.2) is 71.1 Å². The van der Waals surface area contributed by atoms with Crippen LogP contribution in [0.2, 0.25) is 0 Å². The highest BCUT2D eigenvalue weighted by molar-refractivity contribution is 5.83. The number of nitrogens with zero attached hydrogens (tertiary/aromatic N) is 3. The van der Waals surface area contributed by atoms with Crippen molar-refractivity contribution in [1.82, 2.24) is 9.66 Å². The molecule has 7 nitrogen and oxygen atoms in total. The molecule has 7 heteroatoms. The standard InChI is InChI=1S/C33H37N3O4/c1-9-12-24-16-23(17-30(39-8)31(24)40-21(4)5)19-34-36-32(35-28-14-11-10-13-25(28)33(36)37)27-18-26(20(2)3)29(38-7)15-22(27)6/h9-11,13-21H,1,12H2,2-8H3. The van der Waals surface area contributed by atoms with Crippen LogP contribution in [0.5, 0.6) is 17.2 Å². The van der Waals surface area contributed by atoms with Gasteiger partial charge >= 0.3 is 0 Å². The number of benzene rings is 3. The van der Waals surface area contributed by atoms with Gasteiger partial charge in [-0.25, -0.2) is 4.98 Å². The fourth-order valence-corrected chi connectivity index (χ4v) is 4.68. The molecular weight excluding hydrogens is 502 g/mol. The van der Waals surface area contributed by atoms with Gasteiger partial charge in [0.2, 0.25) is 0 Å². The van der Waals surface area contributed by atoms with Gasteiger partial charge in [-0.3, -0.25) is 4.79 Å². The molecule has 208 valence electrons. The Labute approximate surface area is 235 Å². The number of methoxy groups -OCH3 is 2. The van der Waals surface area contributed by atoms with Crippen LogP contribution < -0.4 is 19.8 Å². The van der Waals surface area contributed by atoms with Crippen LogP contribution in [-0.4, -0.2) is 36.2 Å². The second kappa shape index (κ2) is 12.2. The fraction of sp³-hybridized carbons (Fsp3) is 0.303. The summed E-state index contributed by atoms with van der Waals surface area (Å²) in [6, 6.07) is 15.2. The van der Waals surface area contributed by atoms with Crippen LogP contribution in [0, 0.1) is 6.92 Å². The quantitative estimate of drug-likeness (QED) is 0.162. The first-order chi connectivity index (χ1) is 19.2. The van der Waals surface area contributed by atoms with E-state index in [1.54, 1.807) is 26.5 Å². The number of ether oxygens (including phenoxy) is 3. The predicted molar refractivity (Wildman–Crippen MR) is 162 cm³/mol. The molecule has 0 N–H and O–H groups in total. The third-order valence-corrected chi connectivity index (χ3v) is 6.61. The summed E-state index contributed by atoms with van der Waals surface area (Å²) in [5, 5.41) is 5.18. The Bertz CT molecular complexity index is 1630. The monoisotopic (exact) mass is 539 g/mol. The fourth-order valence-electron chi connectivity index (χ4n) is 4.68. The molecule has 0 aliphatic heterocycles. The maximum Gasteiger partial charge on any atom is 0.282 e. The first-order valence-electron chi connectivity index (χ1n) is 13.4. The summed E-state index contributed by atoms with van der Waals surface area (Å²) in [6.07, 6.45) is 4.03. The van der Waals surface area contributed by atoms with Crippen molar-refractivity contribution in [2.75, 3.05) is 14.2 Å². The largest absolute Gasteiger partial charge is 0.496 e. The Morgan fingerprint density at radius 3 is 2.40 bits per heavy atom. The Kier molecular flexibility index (Phi) is 8.73. The number of hydrogen-bond acceptors (Lipinski definition) is 6. The van der Waals surface area contributed by atoms with Crippen molar-refractivity contribution in [1.29, 1.82) is 0 Å². The molecule has 0 atom stereocenters. The number of aryl methyl sites for hydroxylation is 1. The van der Waals surface area contributed by atoms with Gasteiger partial charge in [0.25, 0.3) is 5.56 Å². The summed E-state index contributed by atoms with van der Waals surface area (Å²) in [6.45, 7) is 14.0. The second-order valence-electron chi connectivity index (χ2n) is 10.2. The van der Waals surface area contributed by atoms with E-state index >= 15 is 0 Å². The van der Waals surface area contributed by atoms with Crippen molar-refractivity contribution in [3.8, 4) is 28.6 Å². The van der Waals surface area contributed by atoms with Crippen molar-refractivity contribution in [3.05, 3.63) is 93.8 Å². The molecule has 0 unspecified atom stereocenters. The van der Waals surface area contributed by atoms with Crippen molar-refractivity contribution in [2.24, 2.45) is 5.10 Å². The number of para-hydroxylation sites is 1. The molecule has 0 aliphatic carbocycles. The molecule has 4 rings (SSSR count). The molecular formula is C33H37N3O4. The maximum absolute atomic E-state index is 13.8. The highest BCUT2D eigenvalue weighted by atomic mass is 16.5. The van der Waals surface area contributed by atoms with Crippen LogP contribution in [0.4, 0.5) is 0 Å². The minimum Gasteiger partial charge on any atom is -0.496 e. The Morgan fingerprint density at radius 2 is 1.75 bits per heavy atom. The van der Waals surface area contributed by atoms with Gasteiger partial charge in [-0.05, 0) is 86.2 Å². The Hall–Kier alpha value is -4.39. The van der Waals surface area contributed by atoms with Gasteiger partial charge < -0.3 is 14.2 Å².